The Bertz CT molecular complexity index is 294. The molecule has 0 N–H and O–H groups in total. The van der Waals surface area contributed by atoms with Gasteiger partial charge in [-0.2, -0.15) is 0 Å². The summed E-state index contributed by atoms with van der Waals surface area (Å²) >= 11 is 3.42. The summed E-state index contributed by atoms with van der Waals surface area (Å²) in [6.45, 7) is 6.40. The van der Waals surface area contributed by atoms with E-state index in [1.807, 2.05) is 25.1 Å². The van der Waals surface area contributed by atoms with Crippen LogP contribution in [0.3, 0.4) is 0 Å². The first-order chi connectivity index (χ1) is 6.31. The molecule has 0 fully saturated rings. The van der Waals surface area contributed by atoms with Gasteiger partial charge in [0.15, 0.2) is 0 Å². The zero-order valence-electron chi connectivity index (χ0n) is 7.72. The van der Waals surface area contributed by atoms with Crippen LogP contribution in [0.4, 0.5) is 0 Å². The first-order valence-corrected chi connectivity index (χ1v) is 5.38. The fraction of sp³-hybridized carbons (Fsp3) is 0.273. The first-order valence-electron chi connectivity index (χ1n) is 4.26. The number of halogens is 1. The van der Waals surface area contributed by atoms with Crippen LogP contribution in [0.25, 0.3) is 6.08 Å². The van der Waals surface area contributed by atoms with Crippen molar-refractivity contribution in [1.29, 1.82) is 0 Å². The van der Waals surface area contributed by atoms with Gasteiger partial charge in [0.25, 0.3) is 0 Å². The lowest BCUT2D eigenvalue weighted by atomic mass is 10.1. The molecule has 0 radical (unpaired) electrons. The molecule has 70 valence electrons. The fourth-order valence-corrected chi connectivity index (χ4v) is 1.56. The van der Waals surface area contributed by atoms with Crippen molar-refractivity contribution in [3.05, 3.63) is 35.9 Å². The third-order valence-electron chi connectivity index (χ3n) is 1.77. The molecule has 0 atom stereocenters. The quantitative estimate of drug-likeness (QED) is 0.731. The summed E-state index contributed by atoms with van der Waals surface area (Å²) in [6.07, 6.45) is 1.82. The highest BCUT2D eigenvalue weighted by Crippen LogP contribution is 2.23. The predicted molar refractivity (Wildman–Crippen MR) is 60.3 cm³/mol. The van der Waals surface area contributed by atoms with Crippen LogP contribution in [0.5, 0.6) is 5.75 Å². The largest absolute Gasteiger partial charge is 0.494 e. The van der Waals surface area contributed by atoms with Crippen LogP contribution < -0.4 is 4.74 Å². The maximum atomic E-state index is 5.49. The third-order valence-corrected chi connectivity index (χ3v) is 2.37. The summed E-state index contributed by atoms with van der Waals surface area (Å²) in [7, 11) is 0. The second kappa shape index (κ2) is 5.07. The molecule has 1 rings (SSSR count). The predicted octanol–water partition coefficient (Wildman–Crippen LogP) is 3.62. The van der Waals surface area contributed by atoms with Crippen molar-refractivity contribution in [3.8, 4) is 5.75 Å². The normalized spacial score (nSPS) is 9.69. The molecule has 2 heteroatoms. The van der Waals surface area contributed by atoms with Crippen LogP contribution in [0.2, 0.25) is 0 Å². The Labute approximate surface area is 87.5 Å². The highest BCUT2D eigenvalue weighted by Gasteiger charge is 2.01. The number of hydrogen-bond donors (Lipinski definition) is 0. The zero-order valence-corrected chi connectivity index (χ0v) is 9.30. The molecule has 1 aromatic carbocycles. The molecule has 0 amide bonds. The van der Waals surface area contributed by atoms with Gasteiger partial charge in [-0.25, -0.2) is 0 Å². The summed E-state index contributed by atoms with van der Waals surface area (Å²) in [5.41, 5.74) is 2.26. The summed E-state index contributed by atoms with van der Waals surface area (Å²) in [5, 5.41) is 0.819. The van der Waals surface area contributed by atoms with Crippen molar-refractivity contribution in [3.63, 3.8) is 0 Å². The van der Waals surface area contributed by atoms with Crippen LogP contribution in [0.1, 0.15) is 18.1 Å². The highest BCUT2D eigenvalue weighted by atomic mass is 79.9. The molecule has 0 aliphatic heterocycles. The molecule has 0 spiro atoms. The molecule has 1 aromatic rings. The number of ether oxygens (including phenoxy) is 1. The number of hydrogen-bond acceptors (Lipinski definition) is 1. The standard InChI is InChI=1S/C11H13BrO/c1-3-9-5-6-10(8-12)11(7-9)13-4-2/h3,5-7H,1,4,8H2,2H3. The van der Waals surface area contributed by atoms with E-state index in [0.717, 1.165) is 16.6 Å². The Balaban J connectivity index is 3.02. The maximum Gasteiger partial charge on any atom is 0.123 e. The Kier molecular flexibility index (Phi) is 4.03. The summed E-state index contributed by atoms with van der Waals surface area (Å²) in [4.78, 5) is 0. The van der Waals surface area contributed by atoms with Crippen molar-refractivity contribution in [2.45, 2.75) is 12.3 Å². The Morgan fingerprint density at radius 3 is 2.85 bits per heavy atom. The summed E-state index contributed by atoms with van der Waals surface area (Å²) in [5.74, 6) is 0.941. The van der Waals surface area contributed by atoms with E-state index in [-0.39, 0.29) is 0 Å². The topological polar surface area (TPSA) is 9.23 Å². The van der Waals surface area contributed by atoms with Crippen LogP contribution in [0, 0.1) is 0 Å². The van der Waals surface area contributed by atoms with Gasteiger partial charge in [-0.1, -0.05) is 40.7 Å². The molecule has 0 heterocycles. The van der Waals surface area contributed by atoms with Crippen molar-refractivity contribution >= 4 is 22.0 Å². The minimum absolute atomic E-state index is 0.695. The molecule has 1 nitrogen and oxygen atoms in total. The van der Waals surface area contributed by atoms with E-state index in [1.54, 1.807) is 0 Å². The van der Waals surface area contributed by atoms with E-state index in [9.17, 15) is 0 Å². The Morgan fingerprint density at radius 1 is 1.54 bits per heavy atom. The van der Waals surface area contributed by atoms with E-state index >= 15 is 0 Å². The van der Waals surface area contributed by atoms with Gasteiger partial charge >= 0.3 is 0 Å². The Hall–Kier alpha value is -0.760. The molecule has 0 bridgehead atoms. The lowest BCUT2D eigenvalue weighted by Crippen LogP contribution is -1.95. The highest BCUT2D eigenvalue weighted by molar-refractivity contribution is 9.08. The molecular formula is C11H13BrO. The van der Waals surface area contributed by atoms with E-state index < -0.39 is 0 Å². The molecule has 0 saturated carbocycles. The average molecular weight is 241 g/mol. The number of benzene rings is 1. The smallest absolute Gasteiger partial charge is 0.123 e. The third kappa shape index (κ3) is 2.59. The molecule has 0 aliphatic rings. The maximum absolute atomic E-state index is 5.49. The summed E-state index contributed by atoms with van der Waals surface area (Å²) in [6, 6.07) is 6.09. The average Bonchev–Trinajstić information content (AvgIpc) is 2.18. The van der Waals surface area contributed by atoms with Crippen molar-refractivity contribution < 1.29 is 4.74 Å². The van der Waals surface area contributed by atoms with Gasteiger partial charge in [0.05, 0.1) is 6.61 Å². The van der Waals surface area contributed by atoms with Gasteiger partial charge in [-0.3, -0.25) is 0 Å². The zero-order chi connectivity index (χ0) is 9.68. The first kappa shape index (κ1) is 10.3. The second-order valence-electron chi connectivity index (χ2n) is 2.64. The van der Waals surface area contributed by atoms with Gasteiger partial charge < -0.3 is 4.74 Å². The van der Waals surface area contributed by atoms with E-state index in [0.29, 0.717) is 6.61 Å². The fourth-order valence-electron chi connectivity index (χ4n) is 1.10. The monoisotopic (exact) mass is 240 g/mol. The molecule has 13 heavy (non-hydrogen) atoms. The van der Waals surface area contributed by atoms with Gasteiger partial charge in [0.1, 0.15) is 5.75 Å². The van der Waals surface area contributed by atoms with Gasteiger partial charge in [-0.15, -0.1) is 0 Å². The van der Waals surface area contributed by atoms with Crippen LogP contribution in [-0.4, -0.2) is 6.61 Å². The number of rotatable bonds is 4. The second-order valence-corrected chi connectivity index (χ2v) is 3.20. The molecule has 0 aromatic heterocycles. The molecule has 0 unspecified atom stereocenters. The van der Waals surface area contributed by atoms with Crippen LogP contribution in [-0.2, 0) is 5.33 Å². The lowest BCUT2D eigenvalue weighted by molar-refractivity contribution is 0.337. The van der Waals surface area contributed by atoms with Crippen molar-refractivity contribution in [2.75, 3.05) is 6.61 Å². The van der Waals surface area contributed by atoms with Gasteiger partial charge in [-0.05, 0) is 18.6 Å². The van der Waals surface area contributed by atoms with Crippen molar-refractivity contribution in [2.24, 2.45) is 0 Å². The Morgan fingerprint density at radius 2 is 2.31 bits per heavy atom. The molecule has 0 saturated heterocycles. The lowest BCUT2D eigenvalue weighted by Gasteiger charge is -2.08. The minimum atomic E-state index is 0.695. The molecule has 0 aliphatic carbocycles. The SMILES string of the molecule is C=Cc1ccc(CBr)c(OCC)c1. The van der Waals surface area contributed by atoms with E-state index in [1.165, 1.54) is 5.56 Å². The van der Waals surface area contributed by atoms with Gasteiger partial charge in [0.2, 0.25) is 0 Å². The summed E-state index contributed by atoms with van der Waals surface area (Å²) < 4.78 is 5.49. The van der Waals surface area contributed by atoms with Crippen molar-refractivity contribution in [1.82, 2.24) is 0 Å². The minimum Gasteiger partial charge on any atom is -0.494 e. The number of alkyl halides is 1. The van der Waals surface area contributed by atoms with Crippen LogP contribution in [0.15, 0.2) is 24.8 Å². The van der Waals surface area contributed by atoms with E-state index in [2.05, 4.69) is 28.6 Å². The molecular weight excluding hydrogens is 228 g/mol. The van der Waals surface area contributed by atoms with Gasteiger partial charge in [0, 0.05) is 10.9 Å². The van der Waals surface area contributed by atoms with E-state index in [4.69, 9.17) is 4.74 Å². The van der Waals surface area contributed by atoms with Crippen LogP contribution >= 0.6 is 15.9 Å².